The van der Waals surface area contributed by atoms with Gasteiger partial charge in [0.1, 0.15) is 5.75 Å². The highest BCUT2D eigenvalue weighted by Gasteiger charge is 2.27. The molecule has 2 atom stereocenters. The molecule has 0 radical (unpaired) electrons. The molecule has 1 fully saturated rings. The summed E-state index contributed by atoms with van der Waals surface area (Å²) < 4.78 is 11.0. The first kappa shape index (κ1) is 18.8. The summed E-state index contributed by atoms with van der Waals surface area (Å²) in [7, 11) is 3.56. The number of nitrogens with zero attached hydrogens (tertiary/aromatic N) is 1. The number of hydrogen-bond acceptors (Lipinski definition) is 3. The number of carbonyl (C=O) groups is 1. The van der Waals surface area contributed by atoms with Crippen molar-refractivity contribution < 1.29 is 14.3 Å². The molecule has 24 heavy (non-hydrogen) atoms. The Kier molecular flexibility index (Phi) is 7.10. The third-order valence-corrected chi connectivity index (χ3v) is 4.84. The third-order valence-electron chi connectivity index (χ3n) is 4.84. The largest absolute Gasteiger partial charge is 0.497 e. The number of hydrogen-bond donors (Lipinski definition) is 0. The van der Waals surface area contributed by atoms with Crippen LogP contribution in [0, 0.1) is 5.92 Å². The van der Waals surface area contributed by atoms with Gasteiger partial charge in [-0.3, -0.25) is 4.79 Å². The van der Waals surface area contributed by atoms with Crippen LogP contribution in [-0.4, -0.2) is 44.2 Å². The van der Waals surface area contributed by atoms with Crippen molar-refractivity contribution >= 4 is 5.91 Å². The fraction of sp³-hybridized carbons (Fsp3) is 0.650. The average Bonchev–Trinajstić information content (AvgIpc) is 2.61. The van der Waals surface area contributed by atoms with Crippen molar-refractivity contribution in [2.75, 3.05) is 27.3 Å². The van der Waals surface area contributed by atoms with Gasteiger partial charge in [0.15, 0.2) is 0 Å². The van der Waals surface area contributed by atoms with E-state index in [1.807, 2.05) is 36.2 Å². The van der Waals surface area contributed by atoms with Crippen LogP contribution >= 0.6 is 0 Å². The fourth-order valence-electron chi connectivity index (χ4n) is 3.34. The number of carbonyl (C=O) groups excluding carboxylic acids is 1. The normalized spacial score (nSPS) is 19.1. The van der Waals surface area contributed by atoms with Crippen LogP contribution in [0.3, 0.4) is 0 Å². The van der Waals surface area contributed by atoms with Gasteiger partial charge in [-0.15, -0.1) is 0 Å². The summed E-state index contributed by atoms with van der Waals surface area (Å²) in [5.41, 5.74) is 1.05. The van der Waals surface area contributed by atoms with Crippen molar-refractivity contribution in [2.45, 2.75) is 51.6 Å². The maximum absolute atomic E-state index is 13.0. The molecule has 1 heterocycles. The molecular formula is C20H31NO3. The van der Waals surface area contributed by atoms with E-state index in [9.17, 15) is 4.79 Å². The lowest BCUT2D eigenvalue weighted by Crippen LogP contribution is -2.36. The van der Waals surface area contributed by atoms with Gasteiger partial charge in [0.2, 0.25) is 5.91 Å². The van der Waals surface area contributed by atoms with Crippen LogP contribution in [0.5, 0.6) is 5.75 Å². The van der Waals surface area contributed by atoms with Gasteiger partial charge in [-0.2, -0.15) is 0 Å². The van der Waals surface area contributed by atoms with E-state index >= 15 is 0 Å². The maximum atomic E-state index is 13.0. The quantitative estimate of drug-likeness (QED) is 0.761. The van der Waals surface area contributed by atoms with Crippen molar-refractivity contribution in [3.8, 4) is 5.75 Å². The fourth-order valence-corrected chi connectivity index (χ4v) is 3.34. The molecule has 1 saturated heterocycles. The average molecular weight is 333 g/mol. The number of likely N-dealkylation sites (N-methyl/N-ethyl adjacent to an activating group) is 1. The standard InChI is InChI=1S/C20H31NO3/c1-15(2)19(16-8-10-17(23-4)11-9-16)20(22)21(3)13-12-18-7-5-6-14-24-18/h8-11,15,18-19H,5-7,12-14H2,1-4H3. The first-order valence-electron chi connectivity index (χ1n) is 9.03. The van der Waals surface area contributed by atoms with E-state index in [4.69, 9.17) is 9.47 Å². The topological polar surface area (TPSA) is 38.8 Å². The maximum Gasteiger partial charge on any atom is 0.230 e. The second kappa shape index (κ2) is 9.07. The molecule has 1 aliphatic heterocycles. The van der Waals surface area contributed by atoms with E-state index in [2.05, 4.69) is 13.8 Å². The Bertz CT molecular complexity index is 506. The third kappa shape index (κ3) is 4.97. The lowest BCUT2D eigenvalue weighted by Gasteiger charge is -2.29. The highest BCUT2D eigenvalue weighted by atomic mass is 16.5. The highest BCUT2D eigenvalue weighted by molar-refractivity contribution is 5.83. The van der Waals surface area contributed by atoms with Crippen molar-refractivity contribution in [3.05, 3.63) is 29.8 Å². The van der Waals surface area contributed by atoms with E-state index in [0.29, 0.717) is 6.10 Å². The smallest absolute Gasteiger partial charge is 0.230 e. The summed E-state index contributed by atoms with van der Waals surface area (Å²) in [5, 5.41) is 0. The van der Waals surface area contributed by atoms with Gasteiger partial charge in [-0.25, -0.2) is 0 Å². The molecule has 134 valence electrons. The van der Waals surface area contributed by atoms with Crippen LogP contribution in [0.2, 0.25) is 0 Å². The molecule has 0 spiro atoms. The van der Waals surface area contributed by atoms with Crippen LogP contribution < -0.4 is 4.74 Å². The summed E-state index contributed by atoms with van der Waals surface area (Å²) in [6, 6.07) is 7.85. The number of benzene rings is 1. The van der Waals surface area contributed by atoms with Crippen molar-refractivity contribution in [1.82, 2.24) is 4.90 Å². The molecule has 0 N–H and O–H groups in total. The van der Waals surface area contributed by atoms with Gasteiger partial charge >= 0.3 is 0 Å². The summed E-state index contributed by atoms with van der Waals surface area (Å²) in [6.07, 6.45) is 4.76. The van der Waals surface area contributed by atoms with Gasteiger partial charge in [0.05, 0.1) is 19.1 Å². The SMILES string of the molecule is COc1ccc(C(C(=O)N(C)CCC2CCCCO2)C(C)C)cc1. The Labute approximate surface area is 146 Å². The van der Waals surface area contributed by atoms with Crippen LogP contribution in [0.25, 0.3) is 0 Å². The number of amides is 1. The van der Waals surface area contributed by atoms with Crippen molar-refractivity contribution in [3.63, 3.8) is 0 Å². The van der Waals surface area contributed by atoms with E-state index in [1.54, 1.807) is 7.11 Å². The molecule has 2 unspecified atom stereocenters. The van der Waals surface area contributed by atoms with Gasteiger partial charge in [0, 0.05) is 20.2 Å². The highest BCUT2D eigenvalue weighted by Crippen LogP contribution is 2.28. The predicted octanol–water partition coefficient (Wildman–Crippen LogP) is 3.85. The Hall–Kier alpha value is -1.55. The molecule has 1 aromatic rings. The summed E-state index contributed by atoms with van der Waals surface area (Å²) in [6.45, 7) is 5.82. The first-order chi connectivity index (χ1) is 11.5. The number of rotatable bonds is 7. The Balaban J connectivity index is 1.98. The van der Waals surface area contributed by atoms with Crippen LogP contribution in [0.4, 0.5) is 0 Å². The Morgan fingerprint density at radius 3 is 2.54 bits per heavy atom. The van der Waals surface area contributed by atoms with Crippen molar-refractivity contribution in [1.29, 1.82) is 0 Å². The second-order valence-corrected chi connectivity index (χ2v) is 7.03. The Morgan fingerprint density at radius 1 is 1.29 bits per heavy atom. The van der Waals surface area contributed by atoms with E-state index in [-0.39, 0.29) is 17.7 Å². The van der Waals surface area contributed by atoms with Gasteiger partial charge in [-0.1, -0.05) is 26.0 Å². The summed E-state index contributed by atoms with van der Waals surface area (Å²) in [5.74, 6) is 1.13. The van der Waals surface area contributed by atoms with E-state index < -0.39 is 0 Å². The molecule has 0 saturated carbocycles. The minimum absolute atomic E-state index is 0.117. The zero-order chi connectivity index (χ0) is 17.5. The zero-order valence-electron chi connectivity index (χ0n) is 15.5. The Morgan fingerprint density at radius 2 is 2.00 bits per heavy atom. The van der Waals surface area contributed by atoms with Crippen LogP contribution in [-0.2, 0) is 9.53 Å². The summed E-state index contributed by atoms with van der Waals surface area (Å²) in [4.78, 5) is 14.8. The monoisotopic (exact) mass is 333 g/mol. The molecule has 0 aliphatic carbocycles. The molecule has 1 aromatic carbocycles. The van der Waals surface area contributed by atoms with Crippen molar-refractivity contribution in [2.24, 2.45) is 5.92 Å². The molecular weight excluding hydrogens is 302 g/mol. The van der Waals surface area contributed by atoms with E-state index in [1.165, 1.54) is 6.42 Å². The van der Waals surface area contributed by atoms with E-state index in [0.717, 1.165) is 43.7 Å². The lowest BCUT2D eigenvalue weighted by atomic mass is 9.87. The number of methoxy groups -OCH3 is 1. The zero-order valence-corrected chi connectivity index (χ0v) is 15.5. The predicted molar refractivity (Wildman–Crippen MR) is 96.4 cm³/mol. The molecule has 0 aromatic heterocycles. The molecule has 1 aliphatic rings. The second-order valence-electron chi connectivity index (χ2n) is 7.03. The van der Waals surface area contributed by atoms with Crippen LogP contribution in [0.1, 0.15) is 51.0 Å². The molecule has 1 amide bonds. The minimum atomic E-state index is -0.117. The first-order valence-corrected chi connectivity index (χ1v) is 9.03. The molecule has 4 heteroatoms. The van der Waals surface area contributed by atoms with Gasteiger partial charge < -0.3 is 14.4 Å². The summed E-state index contributed by atoms with van der Waals surface area (Å²) >= 11 is 0. The number of ether oxygens (including phenoxy) is 2. The minimum Gasteiger partial charge on any atom is -0.497 e. The molecule has 2 rings (SSSR count). The van der Waals surface area contributed by atoms with Crippen LogP contribution in [0.15, 0.2) is 24.3 Å². The van der Waals surface area contributed by atoms with Gasteiger partial charge in [0.25, 0.3) is 0 Å². The van der Waals surface area contributed by atoms with Gasteiger partial charge in [-0.05, 0) is 49.3 Å². The molecule has 0 bridgehead atoms. The lowest BCUT2D eigenvalue weighted by molar-refractivity contribution is -0.133. The molecule has 4 nitrogen and oxygen atoms in total.